The molecule has 1 saturated heterocycles. The summed E-state index contributed by atoms with van der Waals surface area (Å²) in [6.45, 7) is 1.19. The average Bonchev–Trinajstić information content (AvgIpc) is 3.21. The minimum absolute atomic E-state index is 0.0190. The number of aromatic nitrogens is 1. The number of amides is 1. The molecule has 0 bridgehead atoms. The van der Waals surface area contributed by atoms with Crippen LogP contribution in [0.5, 0.6) is 5.75 Å². The minimum atomic E-state index is -3.61. The predicted octanol–water partition coefficient (Wildman–Crippen LogP) is 3.99. The third kappa shape index (κ3) is 6.46. The molecule has 3 N–H and O–H groups in total. The Morgan fingerprint density at radius 3 is 2.50 bits per heavy atom. The van der Waals surface area contributed by atoms with Gasteiger partial charge in [0.25, 0.3) is 5.91 Å². The zero-order valence-corrected chi connectivity index (χ0v) is 22.0. The zero-order chi connectivity index (χ0) is 27.4. The van der Waals surface area contributed by atoms with Gasteiger partial charge in [0, 0.05) is 11.6 Å². The number of nitrogens with one attached hydrogen (secondary N) is 2. The summed E-state index contributed by atoms with van der Waals surface area (Å²) in [6, 6.07) is 8.03. The first-order valence-corrected chi connectivity index (χ1v) is 14.1. The van der Waals surface area contributed by atoms with Crippen LogP contribution in [0.15, 0.2) is 47.4 Å². The molecule has 1 amide bonds. The van der Waals surface area contributed by atoms with E-state index in [1.165, 1.54) is 24.3 Å². The van der Waals surface area contributed by atoms with E-state index in [1.54, 1.807) is 0 Å². The number of nitrogens with zero attached hydrogens (tertiary/aromatic N) is 1. The number of carboxylic acid groups (broad SMARTS) is 1. The lowest BCUT2D eigenvalue weighted by atomic mass is 10.1. The smallest absolute Gasteiger partial charge is 0.309 e. The highest BCUT2D eigenvalue weighted by molar-refractivity contribution is 7.92. The molecule has 1 unspecified atom stereocenters. The summed E-state index contributed by atoms with van der Waals surface area (Å²) >= 11 is 6.85. The van der Waals surface area contributed by atoms with E-state index in [-0.39, 0.29) is 25.6 Å². The van der Waals surface area contributed by atoms with Crippen LogP contribution in [0, 0.1) is 11.6 Å². The van der Waals surface area contributed by atoms with Crippen molar-refractivity contribution >= 4 is 49.8 Å². The Labute approximate surface area is 225 Å². The van der Waals surface area contributed by atoms with Crippen LogP contribution in [0.1, 0.15) is 30.2 Å². The van der Waals surface area contributed by atoms with E-state index in [0.29, 0.717) is 32.0 Å². The number of halogens is 3. The number of anilines is 1. The van der Waals surface area contributed by atoms with Crippen LogP contribution < -0.4 is 15.4 Å². The molecular formula is C24H22ClF2N3O6S2. The summed E-state index contributed by atoms with van der Waals surface area (Å²) in [5.41, 5.74) is 0.234. The molecule has 0 radical (unpaired) electrons. The van der Waals surface area contributed by atoms with Crippen molar-refractivity contribution in [1.29, 1.82) is 0 Å². The van der Waals surface area contributed by atoms with Gasteiger partial charge in [-0.05, 0) is 50.2 Å². The molecule has 1 atom stereocenters. The van der Waals surface area contributed by atoms with E-state index in [4.69, 9.17) is 21.4 Å². The highest BCUT2D eigenvalue weighted by Gasteiger charge is 2.30. The van der Waals surface area contributed by atoms with Gasteiger partial charge in [-0.2, -0.15) is 0 Å². The van der Waals surface area contributed by atoms with Crippen LogP contribution in [0.4, 0.5) is 13.9 Å². The molecule has 1 aromatic heterocycles. The summed E-state index contributed by atoms with van der Waals surface area (Å²) < 4.78 is 59.5. The molecule has 2 aromatic carbocycles. The number of hydrogen-bond acceptors (Lipinski definition) is 8. The van der Waals surface area contributed by atoms with E-state index >= 15 is 0 Å². The van der Waals surface area contributed by atoms with Crippen molar-refractivity contribution in [2.75, 3.05) is 18.4 Å². The number of carbonyl (C=O) groups excluding carboxylic acids is 1. The van der Waals surface area contributed by atoms with Crippen LogP contribution in [0.3, 0.4) is 0 Å². The first kappa shape index (κ1) is 27.9. The minimum Gasteiger partial charge on any atom is -0.481 e. The van der Waals surface area contributed by atoms with Crippen LogP contribution in [0.25, 0.3) is 0 Å². The molecule has 1 aliphatic rings. The Bertz CT molecular complexity index is 1440. The molecule has 2 heterocycles. The molecule has 1 fully saturated rings. The molecule has 38 heavy (non-hydrogen) atoms. The van der Waals surface area contributed by atoms with E-state index < -0.39 is 56.9 Å². The second-order valence-electron chi connectivity index (χ2n) is 8.44. The molecule has 0 saturated carbocycles. The standard InChI is InChI=1S/C24H22ClF2N3O6S2/c25-22-18(12-20(31)32)29-24(37-22)30-23(33)21(36-19-6-3-14(26)11-17(19)27)13-1-4-15(5-2-13)38(34,35)16-7-9-28-10-8-16/h1-6,11,16,21,28H,7-10,12H2,(H,31,32)(H,29,30,33). The van der Waals surface area contributed by atoms with Gasteiger partial charge in [0.05, 0.1) is 22.3 Å². The maximum atomic E-state index is 14.4. The molecule has 9 nitrogen and oxygen atoms in total. The van der Waals surface area contributed by atoms with Crippen molar-refractivity contribution in [3.05, 3.63) is 69.7 Å². The van der Waals surface area contributed by atoms with Crippen molar-refractivity contribution in [2.24, 2.45) is 0 Å². The molecule has 1 aliphatic heterocycles. The van der Waals surface area contributed by atoms with Crippen molar-refractivity contribution in [3.63, 3.8) is 0 Å². The van der Waals surface area contributed by atoms with Crippen LogP contribution in [-0.2, 0) is 25.8 Å². The number of carboxylic acids is 1. The largest absolute Gasteiger partial charge is 0.481 e. The lowest BCUT2D eigenvalue weighted by Gasteiger charge is -2.23. The normalized spacial score (nSPS) is 15.1. The number of thiazole rings is 1. The molecule has 4 rings (SSSR count). The maximum absolute atomic E-state index is 14.4. The topological polar surface area (TPSA) is 135 Å². The Balaban J connectivity index is 1.62. The van der Waals surface area contributed by atoms with E-state index in [2.05, 4.69) is 15.6 Å². The van der Waals surface area contributed by atoms with Gasteiger partial charge >= 0.3 is 5.97 Å². The monoisotopic (exact) mass is 585 g/mol. The Hall–Kier alpha value is -3.13. The number of rotatable bonds is 9. The molecule has 0 aliphatic carbocycles. The van der Waals surface area contributed by atoms with Gasteiger partial charge in [0.2, 0.25) is 6.10 Å². The zero-order valence-electron chi connectivity index (χ0n) is 19.6. The number of ether oxygens (including phenoxy) is 1. The van der Waals surface area contributed by atoms with Crippen LogP contribution >= 0.6 is 22.9 Å². The van der Waals surface area contributed by atoms with Gasteiger partial charge in [-0.1, -0.05) is 35.1 Å². The fraction of sp³-hybridized carbons (Fsp3) is 0.292. The maximum Gasteiger partial charge on any atom is 0.309 e. The van der Waals surface area contributed by atoms with E-state index in [9.17, 15) is 26.8 Å². The van der Waals surface area contributed by atoms with Gasteiger partial charge in [-0.15, -0.1) is 0 Å². The van der Waals surface area contributed by atoms with Crippen molar-refractivity contribution < 1.29 is 36.6 Å². The Morgan fingerprint density at radius 1 is 1.18 bits per heavy atom. The average molecular weight is 586 g/mol. The van der Waals surface area contributed by atoms with Gasteiger partial charge in [-0.25, -0.2) is 22.2 Å². The van der Waals surface area contributed by atoms with Crippen LogP contribution in [-0.4, -0.2) is 48.7 Å². The summed E-state index contributed by atoms with van der Waals surface area (Å²) in [6.07, 6.45) is -1.01. The number of carbonyl (C=O) groups is 2. The lowest BCUT2D eigenvalue weighted by Crippen LogP contribution is -2.35. The second kappa shape index (κ2) is 11.7. The third-order valence-electron chi connectivity index (χ3n) is 5.81. The van der Waals surface area contributed by atoms with Gasteiger partial charge < -0.3 is 15.2 Å². The van der Waals surface area contributed by atoms with Gasteiger partial charge in [-0.3, -0.25) is 14.9 Å². The van der Waals surface area contributed by atoms with Gasteiger partial charge in [0.15, 0.2) is 26.5 Å². The number of hydrogen-bond donors (Lipinski definition) is 3. The second-order valence-corrected chi connectivity index (χ2v) is 12.3. The summed E-state index contributed by atoms with van der Waals surface area (Å²) in [7, 11) is -3.61. The quantitative estimate of drug-likeness (QED) is 0.343. The van der Waals surface area contributed by atoms with Crippen LogP contribution in [0.2, 0.25) is 4.34 Å². The molecular weight excluding hydrogens is 564 g/mol. The Morgan fingerprint density at radius 2 is 1.87 bits per heavy atom. The number of sulfone groups is 1. The number of aliphatic carboxylic acids is 1. The summed E-state index contributed by atoms with van der Waals surface area (Å²) in [5, 5.41) is 14.0. The summed E-state index contributed by atoms with van der Waals surface area (Å²) in [4.78, 5) is 28.3. The number of piperidine rings is 1. The van der Waals surface area contributed by atoms with Gasteiger partial charge in [0.1, 0.15) is 10.2 Å². The number of benzene rings is 2. The SMILES string of the molecule is O=C(O)Cc1nc(NC(=O)C(Oc2ccc(F)cc2F)c2ccc(S(=O)(=O)C3CCNCC3)cc2)sc1Cl. The molecule has 14 heteroatoms. The third-order valence-corrected chi connectivity index (χ3v) is 9.34. The van der Waals surface area contributed by atoms with E-state index in [1.807, 2.05) is 0 Å². The Kier molecular flexibility index (Phi) is 8.61. The molecule has 0 spiro atoms. The fourth-order valence-electron chi connectivity index (χ4n) is 3.91. The highest BCUT2D eigenvalue weighted by Crippen LogP contribution is 2.32. The lowest BCUT2D eigenvalue weighted by molar-refractivity contribution is -0.136. The predicted molar refractivity (Wildman–Crippen MR) is 136 cm³/mol. The summed E-state index contributed by atoms with van der Waals surface area (Å²) in [5.74, 6) is -4.29. The fourth-order valence-corrected chi connectivity index (χ4v) is 6.71. The van der Waals surface area contributed by atoms with E-state index in [0.717, 1.165) is 23.5 Å². The first-order valence-electron chi connectivity index (χ1n) is 11.4. The first-order chi connectivity index (χ1) is 18.0. The molecule has 202 valence electrons. The van der Waals surface area contributed by atoms with Crippen molar-refractivity contribution in [1.82, 2.24) is 10.3 Å². The van der Waals surface area contributed by atoms with Crippen molar-refractivity contribution in [2.45, 2.75) is 35.5 Å². The molecule has 3 aromatic rings. The highest BCUT2D eigenvalue weighted by atomic mass is 35.5. The van der Waals surface area contributed by atoms with Crippen molar-refractivity contribution in [3.8, 4) is 5.75 Å².